The molecule has 0 atom stereocenters. The Hall–Kier alpha value is -2.53. The summed E-state index contributed by atoms with van der Waals surface area (Å²) >= 11 is 0. The smallest absolute Gasteiger partial charge is 0.333 e. The van der Waals surface area contributed by atoms with Gasteiger partial charge in [0.05, 0.1) is 11.3 Å². The van der Waals surface area contributed by atoms with Crippen LogP contribution < -0.4 is 18.9 Å². The standard InChI is InChI=1S/C28H27N2.Li/c1-18-9-8-10-19(2)26(18)25-17-29-27-22-12-7-6-11-21(22)23-15-20(16-28(3,4)5)13-14-24(23)30(25)27;/h6-11,13-15,17H,16H2,1-5H3;/q-1;+1. The topological polar surface area (TPSA) is 17.3 Å². The van der Waals surface area contributed by atoms with Crippen molar-refractivity contribution in [3.05, 3.63) is 83.6 Å². The van der Waals surface area contributed by atoms with E-state index in [1.165, 1.54) is 38.5 Å². The quantitative estimate of drug-likeness (QED) is 0.246. The summed E-state index contributed by atoms with van der Waals surface area (Å²) in [6.07, 6.45) is 3.07. The summed E-state index contributed by atoms with van der Waals surface area (Å²) in [5, 5.41) is 3.56. The van der Waals surface area contributed by atoms with Crippen molar-refractivity contribution in [2.24, 2.45) is 5.41 Å². The normalized spacial score (nSPS) is 11.9. The fourth-order valence-electron chi connectivity index (χ4n) is 4.73. The number of aryl methyl sites for hydroxylation is 2. The Morgan fingerprint density at radius 1 is 0.935 bits per heavy atom. The van der Waals surface area contributed by atoms with Crippen molar-refractivity contribution in [1.82, 2.24) is 9.38 Å². The molecule has 0 aliphatic heterocycles. The molecule has 0 unspecified atom stereocenters. The molecule has 3 heteroatoms. The van der Waals surface area contributed by atoms with Gasteiger partial charge in [-0.05, 0) is 53.8 Å². The molecule has 5 rings (SSSR count). The summed E-state index contributed by atoms with van der Waals surface area (Å²) in [6, 6.07) is 23.1. The molecule has 0 spiro atoms. The van der Waals surface area contributed by atoms with Crippen LogP contribution >= 0.6 is 0 Å². The zero-order chi connectivity index (χ0) is 21.0. The van der Waals surface area contributed by atoms with Crippen molar-refractivity contribution in [2.75, 3.05) is 0 Å². The Kier molecular flexibility index (Phi) is 5.50. The van der Waals surface area contributed by atoms with Crippen LogP contribution in [-0.4, -0.2) is 9.38 Å². The van der Waals surface area contributed by atoms with Crippen molar-refractivity contribution in [3.8, 4) is 11.3 Å². The molecule has 0 saturated carbocycles. The van der Waals surface area contributed by atoms with E-state index >= 15 is 0 Å². The molecule has 0 bridgehead atoms. The average Bonchev–Trinajstić information content (AvgIpc) is 3.12. The van der Waals surface area contributed by atoms with E-state index in [2.05, 4.69) is 93.6 Å². The van der Waals surface area contributed by atoms with Gasteiger partial charge in [-0.1, -0.05) is 56.5 Å². The molecule has 0 amide bonds. The van der Waals surface area contributed by atoms with Crippen LogP contribution in [0.5, 0.6) is 0 Å². The maximum Gasteiger partial charge on any atom is 1.00 e. The molecule has 5 aromatic rings. The van der Waals surface area contributed by atoms with E-state index in [-0.39, 0.29) is 24.3 Å². The van der Waals surface area contributed by atoms with E-state index in [1.807, 2.05) is 12.3 Å². The van der Waals surface area contributed by atoms with Crippen LogP contribution in [0.2, 0.25) is 0 Å². The fraction of sp³-hybridized carbons (Fsp3) is 0.250. The van der Waals surface area contributed by atoms with Crippen LogP contribution in [-0.2, 0) is 6.42 Å². The molecule has 0 aliphatic carbocycles. The maximum absolute atomic E-state index is 4.87. The predicted molar refractivity (Wildman–Crippen MR) is 127 cm³/mol. The third-order valence-electron chi connectivity index (χ3n) is 5.91. The summed E-state index contributed by atoms with van der Waals surface area (Å²) in [6.45, 7) is 11.2. The first-order valence-electron chi connectivity index (χ1n) is 10.6. The molecular weight excluding hydrogens is 371 g/mol. The van der Waals surface area contributed by atoms with Gasteiger partial charge in [0, 0.05) is 17.3 Å². The molecule has 0 aliphatic rings. The first-order chi connectivity index (χ1) is 14.3. The van der Waals surface area contributed by atoms with Gasteiger partial charge in [-0.15, -0.1) is 29.7 Å². The molecule has 0 N–H and O–H groups in total. The van der Waals surface area contributed by atoms with Gasteiger partial charge >= 0.3 is 18.9 Å². The number of hydrogen-bond donors (Lipinski definition) is 0. The van der Waals surface area contributed by atoms with Crippen LogP contribution in [0.1, 0.15) is 37.5 Å². The Morgan fingerprint density at radius 3 is 2.39 bits per heavy atom. The number of pyridine rings is 1. The van der Waals surface area contributed by atoms with Gasteiger partial charge in [0.25, 0.3) is 0 Å². The number of benzene rings is 3. The number of nitrogens with zero attached hydrogens (tertiary/aromatic N) is 2. The van der Waals surface area contributed by atoms with Crippen molar-refractivity contribution >= 4 is 27.3 Å². The third-order valence-corrected chi connectivity index (χ3v) is 5.91. The Balaban J connectivity index is 0.00000231. The van der Waals surface area contributed by atoms with Gasteiger partial charge in [0.2, 0.25) is 0 Å². The summed E-state index contributed by atoms with van der Waals surface area (Å²) < 4.78 is 2.32. The van der Waals surface area contributed by atoms with E-state index in [9.17, 15) is 0 Å². The summed E-state index contributed by atoms with van der Waals surface area (Å²) in [5.41, 5.74) is 8.74. The molecule has 3 aromatic carbocycles. The van der Waals surface area contributed by atoms with Gasteiger partial charge in [-0.2, -0.15) is 0 Å². The van der Waals surface area contributed by atoms with Gasteiger partial charge in [-0.25, -0.2) is 0 Å². The molecule has 2 heterocycles. The number of fused-ring (bicyclic) bond motifs is 6. The van der Waals surface area contributed by atoms with E-state index in [4.69, 9.17) is 4.98 Å². The average molecular weight is 398 g/mol. The van der Waals surface area contributed by atoms with E-state index in [1.54, 1.807) is 0 Å². The zero-order valence-electron chi connectivity index (χ0n) is 19.4. The molecule has 150 valence electrons. The third kappa shape index (κ3) is 3.69. The maximum atomic E-state index is 4.87. The second-order valence-electron chi connectivity index (χ2n) is 9.62. The zero-order valence-corrected chi connectivity index (χ0v) is 19.4. The van der Waals surface area contributed by atoms with Gasteiger partial charge < -0.3 is 4.40 Å². The second-order valence-corrected chi connectivity index (χ2v) is 9.62. The van der Waals surface area contributed by atoms with Gasteiger partial charge in [0.1, 0.15) is 0 Å². The van der Waals surface area contributed by atoms with Crippen LogP contribution in [0, 0.1) is 25.3 Å². The summed E-state index contributed by atoms with van der Waals surface area (Å²) in [7, 11) is 0. The van der Waals surface area contributed by atoms with E-state index in [0.717, 1.165) is 23.1 Å². The molecule has 0 radical (unpaired) electrons. The Labute approximate surface area is 196 Å². The monoisotopic (exact) mass is 398 g/mol. The van der Waals surface area contributed by atoms with E-state index in [0.29, 0.717) is 0 Å². The minimum absolute atomic E-state index is 0. The first kappa shape index (κ1) is 21.7. The van der Waals surface area contributed by atoms with E-state index < -0.39 is 0 Å². The molecule has 2 nitrogen and oxygen atoms in total. The van der Waals surface area contributed by atoms with Crippen molar-refractivity contribution in [3.63, 3.8) is 0 Å². The number of imidazole rings is 1. The minimum Gasteiger partial charge on any atom is -0.333 e. The van der Waals surface area contributed by atoms with Crippen molar-refractivity contribution in [1.29, 1.82) is 0 Å². The van der Waals surface area contributed by atoms with Gasteiger partial charge in [-0.3, -0.25) is 4.98 Å². The van der Waals surface area contributed by atoms with Crippen LogP contribution in [0.4, 0.5) is 0 Å². The largest absolute Gasteiger partial charge is 1.00 e. The van der Waals surface area contributed by atoms with Crippen molar-refractivity contribution < 1.29 is 18.9 Å². The van der Waals surface area contributed by atoms with Crippen LogP contribution in [0.25, 0.3) is 38.6 Å². The first-order valence-corrected chi connectivity index (χ1v) is 10.6. The Bertz CT molecular complexity index is 1400. The molecule has 2 aromatic heterocycles. The minimum atomic E-state index is 0. The number of rotatable bonds is 2. The van der Waals surface area contributed by atoms with Gasteiger partial charge in [0.15, 0.2) is 0 Å². The molecule has 31 heavy (non-hydrogen) atoms. The SMILES string of the molecule is Cc1cccc(C)c1-c1cnc2c3[c-]cccc3c3cc(CC(C)(C)C)ccc3n12.[Li+]. The molecule has 0 fully saturated rings. The number of hydrogen-bond acceptors (Lipinski definition) is 1. The fourth-order valence-corrected chi connectivity index (χ4v) is 4.73. The van der Waals surface area contributed by atoms with Crippen LogP contribution in [0.15, 0.2) is 60.8 Å². The summed E-state index contributed by atoms with van der Waals surface area (Å²) in [5.74, 6) is 0. The van der Waals surface area contributed by atoms with Crippen molar-refractivity contribution in [2.45, 2.75) is 41.0 Å². The second kappa shape index (κ2) is 7.86. The Morgan fingerprint density at radius 2 is 1.68 bits per heavy atom. The summed E-state index contributed by atoms with van der Waals surface area (Å²) in [4.78, 5) is 4.87. The molecular formula is C28H27LiN2. The van der Waals surface area contributed by atoms with Crippen LogP contribution in [0.3, 0.4) is 0 Å². The predicted octanol–water partition coefficient (Wildman–Crippen LogP) is 4.32. The molecule has 0 saturated heterocycles. The number of aromatic nitrogens is 2.